The molecule has 0 radical (unpaired) electrons. The molecule has 1 N–H and O–H groups in total. The van der Waals surface area contributed by atoms with E-state index in [2.05, 4.69) is 27.9 Å². The Morgan fingerprint density at radius 3 is 2.62 bits per heavy atom. The molecular formula is C27H28FN3O. The first-order chi connectivity index (χ1) is 15.5. The molecule has 3 aromatic rings. The fraction of sp³-hybridized carbons (Fsp3) is 0.370. The number of nitrogens with one attached hydrogen (secondary N) is 1. The standard InChI is InChI=1S/C27H28FN3O/c1-2-22-9-7-20(17-30-22)26(32)31-27(12-13-27)16-18-3-5-19(6-4-18)23-11-14-29-25-10-8-21(28)15-24(23)25/h2,7-11,14-15,17-19H,1,3-6,12-13,16H2,(H,31,32)/t18-,19+. The number of amides is 1. The highest BCUT2D eigenvalue weighted by molar-refractivity contribution is 5.94. The zero-order valence-electron chi connectivity index (χ0n) is 18.2. The maximum absolute atomic E-state index is 13.8. The summed E-state index contributed by atoms with van der Waals surface area (Å²) in [7, 11) is 0. The van der Waals surface area contributed by atoms with Gasteiger partial charge in [-0.25, -0.2) is 4.39 Å². The lowest BCUT2D eigenvalue weighted by atomic mass is 9.75. The minimum atomic E-state index is -0.207. The van der Waals surface area contributed by atoms with E-state index in [1.54, 1.807) is 24.4 Å². The van der Waals surface area contributed by atoms with E-state index >= 15 is 0 Å². The van der Waals surface area contributed by atoms with Crippen LogP contribution in [0.5, 0.6) is 0 Å². The van der Waals surface area contributed by atoms with E-state index in [1.807, 2.05) is 18.3 Å². The van der Waals surface area contributed by atoms with Gasteiger partial charge in [0.05, 0.1) is 16.8 Å². The van der Waals surface area contributed by atoms with Crippen molar-refractivity contribution in [2.75, 3.05) is 0 Å². The SMILES string of the molecule is C=Cc1ccc(C(=O)NC2(C[C@H]3CC[C@@H](c4ccnc5ccc(F)cc54)CC3)CC2)cn1. The number of halogens is 1. The Bertz CT molecular complexity index is 1150. The number of aromatic nitrogens is 2. The first-order valence-electron chi connectivity index (χ1n) is 11.5. The van der Waals surface area contributed by atoms with Crippen LogP contribution < -0.4 is 5.32 Å². The summed E-state index contributed by atoms with van der Waals surface area (Å²) < 4.78 is 13.8. The van der Waals surface area contributed by atoms with Gasteiger partial charge in [0.2, 0.25) is 0 Å². The lowest BCUT2D eigenvalue weighted by molar-refractivity contribution is 0.0920. The van der Waals surface area contributed by atoms with E-state index in [0.717, 1.165) is 61.5 Å². The first-order valence-corrected chi connectivity index (χ1v) is 11.5. The topological polar surface area (TPSA) is 54.9 Å². The van der Waals surface area contributed by atoms with Gasteiger partial charge in [0.25, 0.3) is 5.91 Å². The number of fused-ring (bicyclic) bond motifs is 1. The smallest absolute Gasteiger partial charge is 0.253 e. The van der Waals surface area contributed by atoms with E-state index in [-0.39, 0.29) is 17.3 Å². The minimum absolute atomic E-state index is 0.0374. The molecule has 5 rings (SSSR count). The number of carbonyl (C=O) groups excluding carboxylic acids is 1. The van der Waals surface area contributed by atoms with Crippen molar-refractivity contribution in [1.29, 1.82) is 0 Å². The number of benzene rings is 1. The fourth-order valence-electron chi connectivity index (χ4n) is 5.23. The molecule has 2 saturated carbocycles. The molecule has 0 aliphatic heterocycles. The van der Waals surface area contributed by atoms with Gasteiger partial charge in [-0.15, -0.1) is 0 Å². The molecule has 4 nitrogen and oxygen atoms in total. The number of hydrogen-bond donors (Lipinski definition) is 1. The maximum atomic E-state index is 13.8. The Labute approximate surface area is 188 Å². The van der Waals surface area contributed by atoms with Crippen LogP contribution in [0, 0.1) is 11.7 Å². The van der Waals surface area contributed by atoms with Crippen molar-refractivity contribution in [2.45, 2.75) is 56.4 Å². The Morgan fingerprint density at radius 1 is 1.12 bits per heavy atom. The van der Waals surface area contributed by atoms with Crippen molar-refractivity contribution >= 4 is 22.9 Å². The van der Waals surface area contributed by atoms with Crippen molar-refractivity contribution in [2.24, 2.45) is 5.92 Å². The highest BCUT2D eigenvalue weighted by Gasteiger charge is 2.46. The monoisotopic (exact) mass is 429 g/mol. The van der Waals surface area contributed by atoms with Crippen LogP contribution in [0.4, 0.5) is 4.39 Å². The van der Waals surface area contributed by atoms with Gasteiger partial charge in [-0.1, -0.05) is 6.58 Å². The van der Waals surface area contributed by atoms with Gasteiger partial charge in [0.15, 0.2) is 0 Å². The van der Waals surface area contributed by atoms with Crippen molar-refractivity contribution in [3.8, 4) is 0 Å². The lowest BCUT2D eigenvalue weighted by Gasteiger charge is -2.32. The summed E-state index contributed by atoms with van der Waals surface area (Å²) in [5, 5.41) is 4.23. The predicted octanol–water partition coefficient (Wildman–Crippen LogP) is 6.04. The van der Waals surface area contributed by atoms with Crippen LogP contribution in [0.3, 0.4) is 0 Å². The molecule has 2 heterocycles. The fourth-order valence-corrected chi connectivity index (χ4v) is 5.23. The Morgan fingerprint density at radius 2 is 1.94 bits per heavy atom. The van der Waals surface area contributed by atoms with E-state index < -0.39 is 0 Å². The predicted molar refractivity (Wildman–Crippen MR) is 125 cm³/mol. The highest BCUT2D eigenvalue weighted by Crippen LogP contribution is 2.47. The van der Waals surface area contributed by atoms with Crippen LogP contribution in [-0.2, 0) is 0 Å². The quantitative estimate of drug-likeness (QED) is 0.520. The lowest BCUT2D eigenvalue weighted by Crippen LogP contribution is -2.38. The zero-order valence-corrected chi connectivity index (χ0v) is 18.2. The average Bonchev–Trinajstić information content (AvgIpc) is 3.58. The summed E-state index contributed by atoms with van der Waals surface area (Å²) >= 11 is 0. The van der Waals surface area contributed by atoms with Gasteiger partial charge >= 0.3 is 0 Å². The minimum Gasteiger partial charge on any atom is -0.347 e. The Kier molecular flexibility index (Phi) is 5.50. The van der Waals surface area contributed by atoms with Crippen LogP contribution in [0.15, 0.2) is 55.4 Å². The molecule has 0 spiro atoms. The summed E-state index contributed by atoms with van der Waals surface area (Å²) in [6.07, 6.45) is 12.7. The third-order valence-electron chi connectivity index (χ3n) is 7.19. The molecule has 32 heavy (non-hydrogen) atoms. The molecule has 0 unspecified atom stereocenters. The van der Waals surface area contributed by atoms with Gasteiger partial charge < -0.3 is 5.32 Å². The summed E-state index contributed by atoms with van der Waals surface area (Å²) in [4.78, 5) is 21.4. The second kappa shape index (κ2) is 8.45. The summed E-state index contributed by atoms with van der Waals surface area (Å²) in [5.74, 6) is 0.809. The van der Waals surface area contributed by atoms with E-state index in [1.165, 1.54) is 11.6 Å². The van der Waals surface area contributed by atoms with Crippen molar-refractivity contribution in [3.63, 3.8) is 0 Å². The number of nitrogens with zero attached hydrogens (tertiary/aromatic N) is 2. The van der Waals surface area contributed by atoms with Crippen LogP contribution in [-0.4, -0.2) is 21.4 Å². The number of pyridine rings is 2. The molecule has 5 heteroatoms. The third-order valence-corrected chi connectivity index (χ3v) is 7.19. The molecule has 2 fully saturated rings. The van der Waals surface area contributed by atoms with E-state index in [4.69, 9.17) is 0 Å². The number of rotatable bonds is 6. The van der Waals surface area contributed by atoms with E-state index in [0.29, 0.717) is 17.4 Å². The molecule has 0 bridgehead atoms. The summed E-state index contributed by atoms with van der Waals surface area (Å²) in [6.45, 7) is 3.70. The molecule has 1 aromatic carbocycles. The van der Waals surface area contributed by atoms with Crippen LogP contribution in [0.1, 0.15) is 72.5 Å². The average molecular weight is 430 g/mol. The van der Waals surface area contributed by atoms with Gasteiger partial charge in [0, 0.05) is 23.3 Å². The van der Waals surface area contributed by atoms with Crippen molar-refractivity contribution in [1.82, 2.24) is 15.3 Å². The second-order valence-corrected chi connectivity index (χ2v) is 9.39. The molecule has 164 valence electrons. The normalized spacial score (nSPS) is 21.8. The van der Waals surface area contributed by atoms with Crippen LogP contribution >= 0.6 is 0 Å². The van der Waals surface area contributed by atoms with Gasteiger partial charge in [-0.3, -0.25) is 14.8 Å². The Balaban J connectivity index is 1.20. The highest BCUT2D eigenvalue weighted by atomic mass is 19.1. The second-order valence-electron chi connectivity index (χ2n) is 9.39. The molecule has 0 atom stereocenters. The van der Waals surface area contributed by atoms with Crippen molar-refractivity contribution in [3.05, 3.63) is 78.0 Å². The molecule has 1 amide bonds. The van der Waals surface area contributed by atoms with Gasteiger partial charge in [0.1, 0.15) is 5.82 Å². The van der Waals surface area contributed by atoms with Crippen LogP contribution in [0.2, 0.25) is 0 Å². The molecule has 2 aromatic heterocycles. The van der Waals surface area contributed by atoms with Crippen molar-refractivity contribution < 1.29 is 9.18 Å². The zero-order chi connectivity index (χ0) is 22.1. The summed E-state index contributed by atoms with van der Waals surface area (Å²) in [6, 6.07) is 10.5. The maximum Gasteiger partial charge on any atom is 0.253 e. The molecule has 0 saturated heterocycles. The third kappa shape index (κ3) is 4.29. The molecule has 2 aliphatic carbocycles. The number of carbonyl (C=O) groups is 1. The first kappa shape index (κ1) is 20.8. The summed E-state index contributed by atoms with van der Waals surface area (Å²) in [5.41, 5.74) is 3.39. The molecular weight excluding hydrogens is 401 g/mol. The van der Waals surface area contributed by atoms with Gasteiger partial charge in [-0.2, -0.15) is 0 Å². The van der Waals surface area contributed by atoms with E-state index in [9.17, 15) is 9.18 Å². The Hall–Kier alpha value is -3.08. The largest absolute Gasteiger partial charge is 0.347 e. The van der Waals surface area contributed by atoms with Crippen LogP contribution in [0.25, 0.3) is 17.0 Å². The molecule has 2 aliphatic rings. The van der Waals surface area contributed by atoms with Gasteiger partial charge in [-0.05, 0) is 105 Å². The number of hydrogen-bond acceptors (Lipinski definition) is 3.